The molecule has 0 saturated carbocycles. The average Bonchev–Trinajstić information content (AvgIpc) is 2.56. The van der Waals surface area contributed by atoms with E-state index in [2.05, 4.69) is 23.3 Å². The molecular weight excluding hydrogens is 324 g/mol. The molecule has 1 aliphatic rings. The Hall–Kier alpha value is -1.72. The Labute approximate surface area is 145 Å². The number of carbonyl (C=O) groups is 1. The molecule has 0 fully saturated rings. The summed E-state index contributed by atoms with van der Waals surface area (Å²) in [7, 11) is 0. The molecule has 1 amide bonds. The SMILES string of the molecule is Cc1ccc(NC(=O)CSC2=Nc3ccccc3CS2)cc1C. The van der Waals surface area contributed by atoms with E-state index < -0.39 is 0 Å². The van der Waals surface area contributed by atoms with Gasteiger partial charge >= 0.3 is 0 Å². The van der Waals surface area contributed by atoms with Crippen LogP contribution in [0.25, 0.3) is 0 Å². The summed E-state index contributed by atoms with van der Waals surface area (Å²) in [6.07, 6.45) is 0. The maximum Gasteiger partial charge on any atom is 0.234 e. The van der Waals surface area contributed by atoms with E-state index >= 15 is 0 Å². The Morgan fingerprint density at radius 2 is 2.04 bits per heavy atom. The van der Waals surface area contributed by atoms with Gasteiger partial charge in [0.25, 0.3) is 0 Å². The number of benzene rings is 2. The van der Waals surface area contributed by atoms with Crippen molar-refractivity contribution in [1.82, 2.24) is 0 Å². The first kappa shape index (κ1) is 16.1. The van der Waals surface area contributed by atoms with Gasteiger partial charge in [0.15, 0.2) is 0 Å². The van der Waals surface area contributed by atoms with Crippen LogP contribution in [0.15, 0.2) is 47.5 Å². The van der Waals surface area contributed by atoms with Gasteiger partial charge in [0.2, 0.25) is 5.91 Å². The van der Waals surface area contributed by atoms with Crippen molar-refractivity contribution in [2.45, 2.75) is 19.6 Å². The molecule has 118 valence electrons. The van der Waals surface area contributed by atoms with E-state index in [0.29, 0.717) is 5.75 Å². The van der Waals surface area contributed by atoms with E-state index in [4.69, 9.17) is 0 Å². The lowest BCUT2D eigenvalue weighted by molar-refractivity contribution is -0.113. The summed E-state index contributed by atoms with van der Waals surface area (Å²) in [5.41, 5.74) is 5.52. The number of aryl methyl sites for hydroxylation is 2. The van der Waals surface area contributed by atoms with Gasteiger partial charge < -0.3 is 5.32 Å². The number of para-hydroxylation sites is 1. The Kier molecular flexibility index (Phi) is 5.08. The molecule has 1 N–H and O–H groups in total. The first-order valence-corrected chi connectivity index (χ1v) is 9.38. The third-order valence-electron chi connectivity index (χ3n) is 3.67. The summed E-state index contributed by atoms with van der Waals surface area (Å²) in [6, 6.07) is 14.1. The topological polar surface area (TPSA) is 41.5 Å². The van der Waals surface area contributed by atoms with E-state index in [0.717, 1.165) is 21.5 Å². The molecule has 3 nitrogen and oxygen atoms in total. The molecule has 0 atom stereocenters. The van der Waals surface area contributed by atoms with Crippen molar-refractivity contribution < 1.29 is 4.79 Å². The Bertz CT molecular complexity index is 771. The maximum atomic E-state index is 12.1. The molecule has 0 bridgehead atoms. The zero-order valence-corrected chi connectivity index (χ0v) is 14.8. The molecule has 2 aromatic carbocycles. The highest BCUT2D eigenvalue weighted by Crippen LogP contribution is 2.34. The van der Waals surface area contributed by atoms with Crippen molar-refractivity contribution in [2.75, 3.05) is 11.1 Å². The van der Waals surface area contributed by atoms with Gasteiger partial charge in [-0.2, -0.15) is 0 Å². The first-order chi connectivity index (χ1) is 11.1. The summed E-state index contributed by atoms with van der Waals surface area (Å²) in [5, 5.41) is 2.94. The quantitative estimate of drug-likeness (QED) is 0.862. The maximum absolute atomic E-state index is 12.1. The summed E-state index contributed by atoms with van der Waals surface area (Å²) in [4.78, 5) is 16.7. The van der Waals surface area contributed by atoms with E-state index in [1.165, 1.54) is 28.5 Å². The molecule has 0 saturated heterocycles. The van der Waals surface area contributed by atoms with Crippen LogP contribution in [0.3, 0.4) is 0 Å². The Morgan fingerprint density at radius 3 is 2.87 bits per heavy atom. The Balaban J connectivity index is 1.57. The number of anilines is 1. The van der Waals surface area contributed by atoms with Crippen molar-refractivity contribution in [3.05, 3.63) is 59.2 Å². The first-order valence-electron chi connectivity index (χ1n) is 7.41. The highest BCUT2D eigenvalue weighted by molar-refractivity contribution is 8.38. The normalized spacial score (nSPS) is 13.2. The Morgan fingerprint density at radius 1 is 1.22 bits per heavy atom. The summed E-state index contributed by atoms with van der Waals surface area (Å²) < 4.78 is 0.957. The number of carbonyl (C=O) groups excluding carboxylic acids is 1. The van der Waals surface area contributed by atoms with Crippen LogP contribution in [0.2, 0.25) is 0 Å². The fraction of sp³-hybridized carbons (Fsp3) is 0.222. The molecule has 0 radical (unpaired) electrons. The molecule has 0 aliphatic carbocycles. The lowest BCUT2D eigenvalue weighted by Crippen LogP contribution is -2.15. The third-order valence-corrected chi connectivity index (χ3v) is 5.92. The molecule has 23 heavy (non-hydrogen) atoms. The van der Waals surface area contributed by atoms with E-state index in [9.17, 15) is 4.79 Å². The smallest absolute Gasteiger partial charge is 0.234 e. The summed E-state index contributed by atoms with van der Waals surface area (Å²) >= 11 is 3.19. The number of nitrogens with one attached hydrogen (secondary N) is 1. The van der Waals surface area contributed by atoms with Gasteiger partial charge in [-0.3, -0.25) is 4.79 Å². The number of thioether (sulfide) groups is 2. The number of hydrogen-bond acceptors (Lipinski definition) is 4. The molecule has 3 rings (SSSR count). The summed E-state index contributed by atoms with van der Waals surface area (Å²) in [6.45, 7) is 4.11. The van der Waals surface area contributed by atoms with Gasteiger partial charge in [0, 0.05) is 11.4 Å². The molecule has 1 aliphatic heterocycles. The van der Waals surface area contributed by atoms with Crippen molar-refractivity contribution in [3.63, 3.8) is 0 Å². The molecule has 2 aromatic rings. The van der Waals surface area contributed by atoms with Gasteiger partial charge in [-0.25, -0.2) is 4.99 Å². The van der Waals surface area contributed by atoms with Crippen molar-refractivity contribution in [3.8, 4) is 0 Å². The second-order valence-electron chi connectivity index (χ2n) is 5.43. The van der Waals surface area contributed by atoms with Crippen LogP contribution in [0.4, 0.5) is 11.4 Å². The van der Waals surface area contributed by atoms with E-state index in [1.54, 1.807) is 11.8 Å². The van der Waals surface area contributed by atoms with Crippen LogP contribution in [-0.2, 0) is 10.5 Å². The fourth-order valence-electron chi connectivity index (χ4n) is 2.23. The number of nitrogens with zero attached hydrogens (tertiary/aromatic N) is 1. The number of aliphatic imine (C=N–C) groups is 1. The minimum Gasteiger partial charge on any atom is -0.325 e. The lowest BCUT2D eigenvalue weighted by Gasteiger charge is -2.14. The fourth-order valence-corrected chi connectivity index (χ4v) is 4.09. The van der Waals surface area contributed by atoms with Gasteiger partial charge in [-0.15, -0.1) is 0 Å². The van der Waals surface area contributed by atoms with Gasteiger partial charge in [-0.1, -0.05) is 47.8 Å². The number of fused-ring (bicyclic) bond motifs is 1. The monoisotopic (exact) mass is 342 g/mol. The minimum absolute atomic E-state index is 0.000381. The van der Waals surface area contributed by atoms with Crippen LogP contribution in [0.1, 0.15) is 16.7 Å². The molecule has 1 heterocycles. The molecule has 0 spiro atoms. The average molecular weight is 342 g/mol. The van der Waals surface area contributed by atoms with Crippen LogP contribution >= 0.6 is 23.5 Å². The molecule has 5 heteroatoms. The van der Waals surface area contributed by atoms with Crippen LogP contribution in [0.5, 0.6) is 0 Å². The summed E-state index contributed by atoms with van der Waals surface area (Å²) in [5.74, 6) is 1.29. The second-order valence-corrected chi connectivity index (χ2v) is 7.62. The zero-order valence-electron chi connectivity index (χ0n) is 13.1. The third kappa shape index (κ3) is 4.18. The predicted octanol–water partition coefficient (Wildman–Crippen LogP) is 4.91. The van der Waals surface area contributed by atoms with Crippen LogP contribution in [-0.4, -0.2) is 16.0 Å². The van der Waals surface area contributed by atoms with Crippen LogP contribution in [0, 0.1) is 13.8 Å². The number of hydrogen-bond donors (Lipinski definition) is 1. The van der Waals surface area contributed by atoms with Gasteiger partial charge in [0.05, 0.1) is 11.4 Å². The highest BCUT2D eigenvalue weighted by Gasteiger charge is 2.14. The molecule has 0 aromatic heterocycles. The minimum atomic E-state index is 0.000381. The van der Waals surface area contributed by atoms with Crippen molar-refractivity contribution in [1.29, 1.82) is 0 Å². The zero-order chi connectivity index (χ0) is 16.2. The lowest BCUT2D eigenvalue weighted by atomic mass is 10.1. The molecular formula is C18H18N2OS2. The second kappa shape index (κ2) is 7.23. The standard InChI is InChI=1S/C18H18N2OS2/c1-12-7-8-15(9-13(12)2)19-17(21)11-23-18-20-16-6-4-3-5-14(16)10-22-18/h3-9H,10-11H2,1-2H3,(H,19,21). The van der Waals surface area contributed by atoms with E-state index in [1.807, 2.05) is 43.3 Å². The van der Waals surface area contributed by atoms with Crippen molar-refractivity contribution >= 4 is 45.2 Å². The largest absolute Gasteiger partial charge is 0.325 e. The van der Waals surface area contributed by atoms with Gasteiger partial charge in [0.1, 0.15) is 4.38 Å². The van der Waals surface area contributed by atoms with E-state index in [-0.39, 0.29) is 5.91 Å². The van der Waals surface area contributed by atoms with Gasteiger partial charge in [-0.05, 0) is 48.7 Å². The molecule has 0 unspecified atom stereocenters. The van der Waals surface area contributed by atoms with Crippen LogP contribution < -0.4 is 5.32 Å². The number of rotatable bonds is 3. The van der Waals surface area contributed by atoms with Crippen molar-refractivity contribution in [2.24, 2.45) is 4.99 Å². The highest BCUT2D eigenvalue weighted by atomic mass is 32.2. The number of amides is 1. The predicted molar refractivity (Wildman–Crippen MR) is 102 cm³/mol.